The van der Waals surface area contributed by atoms with Gasteiger partial charge in [0.25, 0.3) is 0 Å². The summed E-state index contributed by atoms with van der Waals surface area (Å²) in [6.07, 6.45) is -4.93. The molecular weight excluding hydrogens is 368 g/mol. The molecular formula is C13H16F3IN2. The molecule has 0 spiro atoms. The van der Waals surface area contributed by atoms with Crippen LogP contribution in [0.5, 0.6) is 0 Å². The highest BCUT2D eigenvalue weighted by Crippen LogP contribution is 2.34. The first-order chi connectivity index (χ1) is 8.96. The van der Waals surface area contributed by atoms with E-state index in [9.17, 15) is 13.2 Å². The number of alkyl halides is 3. The highest BCUT2D eigenvalue weighted by Gasteiger charge is 2.35. The monoisotopic (exact) mass is 384 g/mol. The van der Waals surface area contributed by atoms with E-state index in [2.05, 4.69) is 27.9 Å². The van der Waals surface area contributed by atoms with Crippen LogP contribution in [0, 0.1) is 3.57 Å². The van der Waals surface area contributed by atoms with Crippen LogP contribution in [0.1, 0.15) is 18.0 Å². The molecule has 1 atom stereocenters. The molecule has 1 saturated heterocycles. The molecule has 1 aromatic carbocycles. The van der Waals surface area contributed by atoms with Gasteiger partial charge in [-0.05, 0) is 40.3 Å². The predicted octanol–water partition coefficient (Wildman–Crippen LogP) is 3.19. The average molecular weight is 384 g/mol. The quantitative estimate of drug-likeness (QED) is 0.806. The minimum absolute atomic E-state index is 0.572. The van der Waals surface area contributed by atoms with Gasteiger partial charge in [0.05, 0.1) is 6.42 Å². The highest BCUT2D eigenvalue weighted by atomic mass is 127. The Morgan fingerprint density at radius 3 is 2.53 bits per heavy atom. The van der Waals surface area contributed by atoms with Gasteiger partial charge in [0, 0.05) is 35.8 Å². The van der Waals surface area contributed by atoms with E-state index in [0.29, 0.717) is 13.1 Å². The van der Waals surface area contributed by atoms with E-state index >= 15 is 0 Å². The van der Waals surface area contributed by atoms with Gasteiger partial charge >= 0.3 is 6.18 Å². The maximum atomic E-state index is 12.8. The summed E-state index contributed by atoms with van der Waals surface area (Å²) in [5, 5.41) is 3.17. The summed E-state index contributed by atoms with van der Waals surface area (Å²) >= 11 is 2.13. The fourth-order valence-electron chi connectivity index (χ4n) is 2.38. The van der Waals surface area contributed by atoms with E-state index in [0.717, 1.165) is 22.2 Å². The Bertz CT molecular complexity index is 417. The number of nitrogens with zero attached hydrogens (tertiary/aromatic N) is 1. The summed E-state index contributed by atoms with van der Waals surface area (Å²) in [6, 6.07) is 6.78. The zero-order valence-electron chi connectivity index (χ0n) is 10.4. The molecule has 1 aliphatic rings. The van der Waals surface area contributed by atoms with Crippen LogP contribution in [0.3, 0.4) is 0 Å². The summed E-state index contributed by atoms with van der Waals surface area (Å²) in [5.41, 5.74) is 0.756. The van der Waals surface area contributed by atoms with Crippen LogP contribution >= 0.6 is 22.6 Å². The third-order valence-corrected chi connectivity index (χ3v) is 3.92. The SMILES string of the molecule is FC(F)(F)C[C@H](c1cccc(I)c1)N1CCNCC1. The van der Waals surface area contributed by atoms with E-state index in [4.69, 9.17) is 0 Å². The van der Waals surface area contributed by atoms with Crippen molar-refractivity contribution in [3.05, 3.63) is 33.4 Å². The molecule has 2 rings (SSSR count). The molecule has 106 valence electrons. The Morgan fingerprint density at radius 1 is 1.26 bits per heavy atom. The van der Waals surface area contributed by atoms with Crippen molar-refractivity contribution >= 4 is 22.6 Å². The van der Waals surface area contributed by atoms with Gasteiger partial charge in [-0.25, -0.2) is 0 Å². The summed E-state index contributed by atoms with van der Waals surface area (Å²) < 4.78 is 39.4. The molecule has 1 N–H and O–H groups in total. The van der Waals surface area contributed by atoms with Crippen molar-refractivity contribution in [2.24, 2.45) is 0 Å². The van der Waals surface area contributed by atoms with Crippen LogP contribution in [0.25, 0.3) is 0 Å². The summed E-state index contributed by atoms with van der Waals surface area (Å²) in [4.78, 5) is 1.93. The van der Waals surface area contributed by atoms with Crippen molar-refractivity contribution in [3.63, 3.8) is 0 Å². The minimum atomic E-state index is -4.14. The van der Waals surface area contributed by atoms with Gasteiger partial charge in [0.2, 0.25) is 0 Å². The van der Waals surface area contributed by atoms with Crippen LogP contribution in [0.15, 0.2) is 24.3 Å². The predicted molar refractivity (Wildman–Crippen MR) is 77.0 cm³/mol. The Hall–Kier alpha value is -0.340. The molecule has 1 aliphatic heterocycles. The normalized spacial score (nSPS) is 19.4. The smallest absolute Gasteiger partial charge is 0.314 e. The van der Waals surface area contributed by atoms with Crippen LogP contribution in [0.2, 0.25) is 0 Å². The molecule has 2 nitrogen and oxygen atoms in total. The molecule has 0 radical (unpaired) electrons. The average Bonchev–Trinajstić information content (AvgIpc) is 2.36. The number of rotatable bonds is 3. The second-order valence-electron chi connectivity index (χ2n) is 4.68. The third-order valence-electron chi connectivity index (χ3n) is 3.25. The van der Waals surface area contributed by atoms with Gasteiger partial charge in [-0.2, -0.15) is 13.2 Å². The molecule has 0 bridgehead atoms. The molecule has 1 aromatic rings. The first kappa shape index (κ1) is 15.1. The number of halogens is 4. The summed E-state index contributed by atoms with van der Waals surface area (Å²) in [7, 11) is 0. The largest absolute Gasteiger partial charge is 0.390 e. The van der Waals surface area contributed by atoms with E-state index in [-0.39, 0.29) is 0 Å². The molecule has 1 fully saturated rings. The topological polar surface area (TPSA) is 15.3 Å². The van der Waals surface area contributed by atoms with Crippen LogP contribution < -0.4 is 5.32 Å². The fraction of sp³-hybridized carbons (Fsp3) is 0.538. The molecule has 19 heavy (non-hydrogen) atoms. The van der Waals surface area contributed by atoms with Crippen molar-refractivity contribution < 1.29 is 13.2 Å². The lowest BCUT2D eigenvalue weighted by atomic mass is 10.0. The number of benzene rings is 1. The van der Waals surface area contributed by atoms with Crippen molar-refractivity contribution in [3.8, 4) is 0 Å². The molecule has 6 heteroatoms. The van der Waals surface area contributed by atoms with Crippen LogP contribution in [0.4, 0.5) is 13.2 Å². The molecule has 0 saturated carbocycles. The van der Waals surface area contributed by atoms with Crippen LogP contribution in [-0.4, -0.2) is 37.3 Å². The van der Waals surface area contributed by atoms with Gasteiger partial charge in [0.15, 0.2) is 0 Å². The van der Waals surface area contributed by atoms with Crippen molar-refractivity contribution in [1.82, 2.24) is 10.2 Å². The van der Waals surface area contributed by atoms with Gasteiger partial charge in [0.1, 0.15) is 0 Å². The van der Waals surface area contributed by atoms with Gasteiger partial charge < -0.3 is 5.32 Å². The number of hydrogen-bond donors (Lipinski definition) is 1. The number of hydrogen-bond acceptors (Lipinski definition) is 2. The molecule has 0 aliphatic carbocycles. The molecule has 0 amide bonds. The maximum Gasteiger partial charge on any atom is 0.390 e. The molecule has 0 unspecified atom stereocenters. The summed E-state index contributed by atoms with van der Waals surface area (Å²) in [6.45, 7) is 2.81. The maximum absolute atomic E-state index is 12.8. The lowest BCUT2D eigenvalue weighted by Crippen LogP contribution is -2.46. The zero-order chi connectivity index (χ0) is 13.9. The number of piperazine rings is 1. The van der Waals surface area contributed by atoms with E-state index in [1.807, 2.05) is 23.1 Å². The molecule has 0 aromatic heterocycles. The first-order valence-corrected chi connectivity index (χ1v) is 7.30. The van der Waals surface area contributed by atoms with Gasteiger partial charge in [-0.1, -0.05) is 12.1 Å². The van der Waals surface area contributed by atoms with Crippen molar-refractivity contribution in [2.45, 2.75) is 18.6 Å². The Balaban J connectivity index is 2.22. The highest BCUT2D eigenvalue weighted by molar-refractivity contribution is 14.1. The fourth-order valence-corrected chi connectivity index (χ4v) is 2.95. The van der Waals surface area contributed by atoms with E-state index < -0.39 is 18.6 Å². The van der Waals surface area contributed by atoms with E-state index in [1.165, 1.54) is 0 Å². The second-order valence-corrected chi connectivity index (χ2v) is 5.92. The zero-order valence-corrected chi connectivity index (χ0v) is 12.5. The van der Waals surface area contributed by atoms with Gasteiger partial charge in [-0.15, -0.1) is 0 Å². The first-order valence-electron chi connectivity index (χ1n) is 6.23. The second kappa shape index (κ2) is 6.41. The molecule has 1 heterocycles. The Kier molecular flexibility index (Phi) is 5.08. The standard InChI is InChI=1S/C13H16F3IN2/c14-13(15,16)9-12(19-6-4-18-5-7-19)10-2-1-3-11(17)8-10/h1-3,8,12,18H,4-7,9H2/t12-/m1/s1. The minimum Gasteiger partial charge on any atom is -0.314 e. The third kappa shape index (κ3) is 4.61. The lowest BCUT2D eigenvalue weighted by molar-refractivity contribution is -0.148. The van der Waals surface area contributed by atoms with Crippen molar-refractivity contribution in [2.75, 3.05) is 26.2 Å². The Morgan fingerprint density at radius 2 is 1.95 bits per heavy atom. The Labute approximate surface area is 124 Å². The number of nitrogens with one attached hydrogen (secondary N) is 1. The summed E-state index contributed by atoms with van der Waals surface area (Å²) in [5.74, 6) is 0. The van der Waals surface area contributed by atoms with Gasteiger partial charge in [-0.3, -0.25) is 4.90 Å². The lowest BCUT2D eigenvalue weighted by Gasteiger charge is -2.35. The van der Waals surface area contributed by atoms with E-state index in [1.54, 1.807) is 6.07 Å². The van der Waals surface area contributed by atoms with Crippen molar-refractivity contribution in [1.29, 1.82) is 0 Å². The van der Waals surface area contributed by atoms with Crippen LogP contribution in [-0.2, 0) is 0 Å².